The zero-order valence-corrected chi connectivity index (χ0v) is 12.6. The number of nitrogens with one attached hydrogen (secondary N) is 1. The van der Waals surface area contributed by atoms with Gasteiger partial charge in [0, 0.05) is 13.0 Å². The zero-order valence-electron chi connectivity index (χ0n) is 11.1. The van der Waals surface area contributed by atoms with Gasteiger partial charge in [0.2, 0.25) is 0 Å². The first-order valence-electron chi connectivity index (χ1n) is 6.29. The molecule has 0 heterocycles. The molecule has 3 heteroatoms. The molecule has 0 spiro atoms. The molecule has 1 N–H and O–H groups in total. The Morgan fingerprint density at radius 2 is 2.22 bits per heavy atom. The third-order valence-electron chi connectivity index (χ3n) is 2.41. The van der Waals surface area contributed by atoms with Gasteiger partial charge in [0.25, 0.3) is 0 Å². The third-order valence-corrected chi connectivity index (χ3v) is 3.03. The van der Waals surface area contributed by atoms with E-state index in [4.69, 9.17) is 4.74 Å². The highest BCUT2D eigenvalue weighted by molar-refractivity contribution is 9.10. The fraction of sp³-hybridized carbons (Fsp3) is 0.467. The Kier molecular flexibility index (Phi) is 7.55. The van der Waals surface area contributed by atoms with E-state index < -0.39 is 0 Å². The molecule has 0 fully saturated rings. The smallest absolute Gasteiger partial charge is 0.133 e. The molecule has 0 aromatic heterocycles. The van der Waals surface area contributed by atoms with E-state index in [-0.39, 0.29) is 0 Å². The summed E-state index contributed by atoms with van der Waals surface area (Å²) in [7, 11) is 0. The number of hydrogen-bond acceptors (Lipinski definition) is 2. The molecule has 0 saturated carbocycles. The van der Waals surface area contributed by atoms with Gasteiger partial charge in [-0.1, -0.05) is 13.0 Å². The molecule has 0 aliphatic carbocycles. The van der Waals surface area contributed by atoms with Crippen LogP contribution in [0.1, 0.15) is 32.3 Å². The van der Waals surface area contributed by atoms with Crippen LogP contribution in [0, 0.1) is 11.8 Å². The van der Waals surface area contributed by atoms with Gasteiger partial charge in [-0.2, -0.15) is 0 Å². The van der Waals surface area contributed by atoms with Crippen LogP contribution in [0.25, 0.3) is 0 Å². The second-order valence-electron chi connectivity index (χ2n) is 3.97. The van der Waals surface area contributed by atoms with E-state index in [0.29, 0.717) is 6.61 Å². The molecule has 0 atom stereocenters. The van der Waals surface area contributed by atoms with Crippen molar-refractivity contribution < 1.29 is 4.74 Å². The molecule has 0 saturated heterocycles. The van der Waals surface area contributed by atoms with Crippen LogP contribution >= 0.6 is 15.9 Å². The molecule has 98 valence electrons. The van der Waals surface area contributed by atoms with Crippen LogP contribution in [0.3, 0.4) is 0 Å². The molecular formula is C15H20BrNO. The molecular weight excluding hydrogens is 290 g/mol. The first-order valence-corrected chi connectivity index (χ1v) is 7.08. The lowest BCUT2D eigenvalue weighted by molar-refractivity contribution is 0.325. The summed E-state index contributed by atoms with van der Waals surface area (Å²) in [6, 6.07) is 6.20. The highest BCUT2D eigenvalue weighted by Gasteiger charge is 2.02. The quantitative estimate of drug-likeness (QED) is 0.612. The van der Waals surface area contributed by atoms with Gasteiger partial charge in [-0.25, -0.2) is 0 Å². The summed E-state index contributed by atoms with van der Waals surface area (Å²) < 4.78 is 6.65. The molecule has 0 aliphatic rings. The van der Waals surface area contributed by atoms with E-state index in [1.165, 1.54) is 5.56 Å². The minimum absolute atomic E-state index is 0.632. The highest BCUT2D eigenvalue weighted by Crippen LogP contribution is 2.26. The van der Waals surface area contributed by atoms with Crippen molar-refractivity contribution in [1.29, 1.82) is 0 Å². The second-order valence-corrected chi connectivity index (χ2v) is 4.82. The maximum atomic E-state index is 5.65. The van der Waals surface area contributed by atoms with E-state index in [0.717, 1.165) is 36.2 Å². The van der Waals surface area contributed by atoms with Crippen LogP contribution in [0.2, 0.25) is 0 Å². The number of benzene rings is 1. The SMILES string of the molecule is CC#CCCOc1ccc(CNCCC)cc1Br. The summed E-state index contributed by atoms with van der Waals surface area (Å²) in [5.41, 5.74) is 1.26. The van der Waals surface area contributed by atoms with Gasteiger partial charge in [0.15, 0.2) is 0 Å². The third kappa shape index (κ3) is 5.57. The first-order chi connectivity index (χ1) is 8.77. The molecule has 0 aliphatic heterocycles. The fourth-order valence-corrected chi connectivity index (χ4v) is 2.06. The number of rotatable bonds is 7. The summed E-state index contributed by atoms with van der Waals surface area (Å²) in [6.07, 6.45) is 1.92. The Bertz CT molecular complexity index is 420. The Morgan fingerprint density at radius 1 is 1.39 bits per heavy atom. The standard InChI is InChI=1S/C15H20BrNO/c1-3-5-6-10-18-15-8-7-13(11-14(15)16)12-17-9-4-2/h7-8,11,17H,4,6,9-10,12H2,1-2H3. The van der Waals surface area contributed by atoms with E-state index >= 15 is 0 Å². The Morgan fingerprint density at radius 3 is 2.89 bits per heavy atom. The van der Waals surface area contributed by atoms with Gasteiger partial charge in [-0.15, -0.1) is 11.8 Å². The maximum Gasteiger partial charge on any atom is 0.133 e. The van der Waals surface area contributed by atoms with Crippen molar-refractivity contribution in [3.05, 3.63) is 28.2 Å². The van der Waals surface area contributed by atoms with Gasteiger partial charge >= 0.3 is 0 Å². The Hall–Kier alpha value is -0.980. The molecule has 2 nitrogen and oxygen atoms in total. The van der Waals surface area contributed by atoms with E-state index in [1.807, 2.05) is 13.0 Å². The van der Waals surface area contributed by atoms with Crippen molar-refractivity contribution >= 4 is 15.9 Å². The largest absolute Gasteiger partial charge is 0.491 e. The number of hydrogen-bond donors (Lipinski definition) is 1. The monoisotopic (exact) mass is 309 g/mol. The topological polar surface area (TPSA) is 21.3 Å². The van der Waals surface area contributed by atoms with Crippen LogP contribution in [-0.4, -0.2) is 13.2 Å². The van der Waals surface area contributed by atoms with Crippen LogP contribution in [0.5, 0.6) is 5.75 Å². The molecule has 1 rings (SSSR count). The molecule has 0 amide bonds. The highest BCUT2D eigenvalue weighted by atomic mass is 79.9. The number of ether oxygens (including phenoxy) is 1. The average molecular weight is 310 g/mol. The minimum atomic E-state index is 0.632. The predicted molar refractivity (Wildman–Crippen MR) is 79.7 cm³/mol. The predicted octanol–water partition coefficient (Wildman–Crippen LogP) is 3.74. The van der Waals surface area contributed by atoms with Crippen molar-refractivity contribution in [2.75, 3.05) is 13.2 Å². The number of halogens is 1. The first kappa shape index (κ1) is 15.1. The Balaban J connectivity index is 2.47. The second kappa shape index (κ2) is 9.02. The van der Waals surface area contributed by atoms with Gasteiger partial charge < -0.3 is 10.1 Å². The Labute approximate surface area is 118 Å². The molecule has 0 radical (unpaired) electrons. The van der Waals surface area contributed by atoms with Crippen molar-refractivity contribution in [2.24, 2.45) is 0 Å². The van der Waals surface area contributed by atoms with Crippen molar-refractivity contribution in [3.8, 4) is 17.6 Å². The lowest BCUT2D eigenvalue weighted by Gasteiger charge is -2.09. The minimum Gasteiger partial charge on any atom is -0.491 e. The van der Waals surface area contributed by atoms with Gasteiger partial charge in [0.05, 0.1) is 11.1 Å². The summed E-state index contributed by atoms with van der Waals surface area (Å²) in [4.78, 5) is 0. The van der Waals surface area contributed by atoms with Gasteiger partial charge in [-0.05, 0) is 53.5 Å². The van der Waals surface area contributed by atoms with E-state index in [2.05, 4.69) is 52.1 Å². The van der Waals surface area contributed by atoms with Gasteiger partial charge in [0.1, 0.15) is 5.75 Å². The molecule has 18 heavy (non-hydrogen) atoms. The lowest BCUT2D eigenvalue weighted by Crippen LogP contribution is -2.13. The van der Waals surface area contributed by atoms with E-state index in [1.54, 1.807) is 0 Å². The fourth-order valence-electron chi connectivity index (χ4n) is 1.52. The zero-order chi connectivity index (χ0) is 13.2. The maximum absolute atomic E-state index is 5.65. The normalized spacial score (nSPS) is 9.72. The van der Waals surface area contributed by atoms with Crippen LogP contribution in [0.15, 0.2) is 22.7 Å². The molecule has 1 aromatic rings. The van der Waals surface area contributed by atoms with E-state index in [9.17, 15) is 0 Å². The van der Waals surface area contributed by atoms with Crippen LogP contribution in [-0.2, 0) is 6.54 Å². The van der Waals surface area contributed by atoms with Crippen molar-refractivity contribution in [3.63, 3.8) is 0 Å². The molecule has 0 bridgehead atoms. The average Bonchev–Trinajstić information content (AvgIpc) is 2.37. The summed E-state index contributed by atoms with van der Waals surface area (Å²) in [5.74, 6) is 6.72. The van der Waals surface area contributed by atoms with Crippen molar-refractivity contribution in [2.45, 2.75) is 33.2 Å². The summed E-state index contributed by atoms with van der Waals surface area (Å²) >= 11 is 3.54. The van der Waals surface area contributed by atoms with Crippen LogP contribution < -0.4 is 10.1 Å². The van der Waals surface area contributed by atoms with Crippen LogP contribution in [0.4, 0.5) is 0 Å². The lowest BCUT2D eigenvalue weighted by atomic mass is 10.2. The molecule has 0 unspecified atom stereocenters. The van der Waals surface area contributed by atoms with Gasteiger partial charge in [-0.3, -0.25) is 0 Å². The summed E-state index contributed by atoms with van der Waals surface area (Å²) in [6.45, 7) is 6.58. The van der Waals surface area contributed by atoms with Crippen molar-refractivity contribution in [1.82, 2.24) is 5.32 Å². The molecule has 1 aromatic carbocycles. The summed E-state index contributed by atoms with van der Waals surface area (Å²) in [5, 5.41) is 3.38.